The van der Waals surface area contributed by atoms with Crippen LogP contribution >= 0.6 is 0 Å². The minimum absolute atomic E-state index is 0.312. The van der Waals surface area contributed by atoms with E-state index in [4.69, 9.17) is 5.84 Å². The predicted molar refractivity (Wildman–Crippen MR) is 58.9 cm³/mol. The summed E-state index contributed by atoms with van der Waals surface area (Å²) >= 11 is 0. The van der Waals surface area contributed by atoms with Gasteiger partial charge in [-0.05, 0) is 32.7 Å². The molecule has 0 amide bonds. The summed E-state index contributed by atoms with van der Waals surface area (Å²) in [7, 11) is 0. The molecule has 6 nitrogen and oxygen atoms in total. The molecule has 1 aliphatic rings. The number of nitrogens with zero attached hydrogens (tertiary/aromatic N) is 1. The third-order valence-electron chi connectivity index (χ3n) is 2.96. The average Bonchev–Trinajstić information content (AvgIpc) is 2.37. The van der Waals surface area contributed by atoms with Crippen molar-refractivity contribution in [1.29, 1.82) is 0 Å². The van der Waals surface area contributed by atoms with Gasteiger partial charge in [0.1, 0.15) is 0 Å². The lowest BCUT2D eigenvalue weighted by atomic mass is 9.98. The highest BCUT2D eigenvalue weighted by molar-refractivity contribution is 5.69. The van der Waals surface area contributed by atoms with Crippen LogP contribution in [-0.4, -0.2) is 41.2 Å². The summed E-state index contributed by atoms with van der Waals surface area (Å²) in [6, 6.07) is 0. The lowest BCUT2D eigenvalue weighted by molar-refractivity contribution is -0.151. The number of carbonyl (C=O) groups excluding carboxylic acids is 1. The van der Waals surface area contributed by atoms with Gasteiger partial charge in [0.2, 0.25) is 0 Å². The molecule has 0 aromatic heterocycles. The average molecular weight is 231 g/mol. The maximum absolute atomic E-state index is 11.1. The van der Waals surface area contributed by atoms with E-state index in [1.165, 1.54) is 0 Å². The van der Waals surface area contributed by atoms with Crippen LogP contribution in [0, 0.1) is 0 Å². The largest absolute Gasteiger partial charge is 0.390 e. The Kier molecular flexibility index (Phi) is 5.14. The minimum Gasteiger partial charge on any atom is -0.390 e. The minimum atomic E-state index is -0.561. The molecule has 16 heavy (non-hydrogen) atoms. The fraction of sp³-hybridized carbons (Fsp3) is 0.900. The van der Waals surface area contributed by atoms with Gasteiger partial charge < -0.3 is 14.8 Å². The van der Waals surface area contributed by atoms with Crippen molar-refractivity contribution in [2.75, 3.05) is 19.6 Å². The molecule has 1 aliphatic heterocycles. The monoisotopic (exact) mass is 231 g/mol. The molecule has 1 atom stereocenters. The molecule has 1 heterocycles. The molecule has 1 saturated heterocycles. The standard InChI is InChI=1S/C10H21N3O3/c1-10(15)4-2-6-13(8-5-10)7-3-9(14)16-12-11/h12,15H,2-8,11H2,1H3. The van der Waals surface area contributed by atoms with Crippen molar-refractivity contribution in [3.63, 3.8) is 0 Å². The number of hydrogen-bond donors (Lipinski definition) is 3. The molecule has 1 rings (SSSR count). The van der Waals surface area contributed by atoms with Gasteiger partial charge in [0.25, 0.3) is 0 Å². The molecular formula is C10H21N3O3. The SMILES string of the molecule is CC1(O)CCCN(CCC(=O)ONN)CC1. The lowest BCUT2D eigenvalue weighted by Gasteiger charge is -2.21. The first-order valence-electron chi connectivity index (χ1n) is 5.63. The summed E-state index contributed by atoms with van der Waals surface area (Å²) in [5.74, 6) is 4.50. The Morgan fingerprint density at radius 1 is 1.56 bits per heavy atom. The predicted octanol–water partition coefficient (Wildman–Crippen LogP) is -0.465. The van der Waals surface area contributed by atoms with Crippen molar-refractivity contribution < 1.29 is 14.7 Å². The summed E-state index contributed by atoms with van der Waals surface area (Å²) in [4.78, 5) is 17.6. The highest BCUT2D eigenvalue weighted by Crippen LogP contribution is 2.21. The Hall–Kier alpha value is -0.690. The van der Waals surface area contributed by atoms with Gasteiger partial charge in [-0.25, -0.2) is 5.84 Å². The van der Waals surface area contributed by atoms with Crippen LogP contribution < -0.4 is 11.4 Å². The molecule has 0 aliphatic carbocycles. The van der Waals surface area contributed by atoms with E-state index in [2.05, 4.69) is 9.74 Å². The smallest absolute Gasteiger partial charge is 0.327 e. The fourth-order valence-electron chi connectivity index (χ4n) is 1.91. The van der Waals surface area contributed by atoms with Gasteiger partial charge in [-0.2, -0.15) is 0 Å². The van der Waals surface area contributed by atoms with E-state index in [9.17, 15) is 9.90 Å². The summed E-state index contributed by atoms with van der Waals surface area (Å²) in [5, 5.41) is 9.89. The van der Waals surface area contributed by atoms with Crippen molar-refractivity contribution in [3.05, 3.63) is 0 Å². The van der Waals surface area contributed by atoms with Crippen LogP contribution in [0.2, 0.25) is 0 Å². The highest BCUT2D eigenvalue weighted by Gasteiger charge is 2.24. The Balaban J connectivity index is 2.25. The first kappa shape index (κ1) is 13.4. The van der Waals surface area contributed by atoms with Crippen LogP contribution in [0.25, 0.3) is 0 Å². The molecule has 0 aromatic rings. The zero-order chi connectivity index (χ0) is 12.0. The lowest BCUT2D eigenvalue weighted by Crippen LogP contribution is -2.32. The molecule has 94 valence electrons. The van der Waals surface area contributed by atoms with E-state index in [0.717, 1.165) is 32.4 Å². The van der Waals surface area contributed by atoms with Crippen molar-refractivity contribution in [2.24, 2.45) is 5.84 Å². The quantitative estimate of drug-likeness (QED) is 0.448. The third kappa shape index (κ3) is 4.89. The number of aliphatic hydroxyl groups is 1. The topological polar surface area (TPSA) is 87.8 Å². The number of rotatable bonds is 4. The van der Waals surface area contributed by atoms with E-state index in [0.29, 0.717) is 13.0 Å². The third-order valence-corrected chi connectivity index (χ3v) is 2.96. The number of carbonyl (C=O) groups is 1. The Bertz CT molecular complexity index is 233. The van der Waals surface area contributed by atoms with Gasteiger partial charge in [0, 0.05) is 13.1 Å². The van der Waals surface area contributed by atoms with Crippen molar-refractivity contribution >= 4 is 5.97 Å². The molecule has 6 heteroatoms. The van der Waals surface area contributed by atoms with Crippen LogP contribution in [0.5, 0.6) is 0 Å². The summed E-state index contributed by atoms with van der Waals surface area (Å²) in [5.41, 5.74) is 1.31. The van der Waals surface area contributed by atoms with Crippen molar-refractivity contribution in [3.8, 4) is 0 Å². The molecule has 0 saturated carbocycles. The second-order valence-electron chi connectivity index (χ2n) is 4.53. The molecule has 0 spiro atoms. The van der Waals surface area contributed by atoms with Crippen LogP contribution in [0.15, 0.2) is 0 Å². The Morgan fingerprint density at radius 2 is 2.31 bits per heavy atom. The zero-order valence-corrected chi connectivity index (χ0v) is 9.74. The summed E-state index contributed by atoms with van der Waals surface area (Å²) < 4.78 is 0. The van der Waals surface area contributed by atoms with E-state index < -0.39 is 5.60 Å². The van der Waals surface area contributed by atoms with Crippen LogP contribution in [-0.2, 0) is 9.63 Å². The second kappa shape index (κ2) is 6.15. The number of likely N-dealkylation sites (tertiary alicyclic amines) is 1. The summed E-state index contributed by atoms with van der Waals surface area (Å²) in [6.45, 7) is 4.25. The van der Waals surface area contributed by atoms with E-state index in [1.54, 1.807) is 0 Å². The first-order chi connectivity index (χ1) is 7.53. The van der Waals surface area contributed by atoms with Gasteiger partial charge in [0.15, 0.2) is 0 Å². The maximum atomic E-state index is 11.1. The van der Waals surface area contributed by atoms with Gasteiger partial charge in [-0.3, -0.25) is 4.79 Å². The Labute approximate surface area is 95.7 Å². The van der Waals surface area contributed by atoms with Crippen LogP contribution in [0.1, 0.15) is 32.6 Å². The number of hydrazine groups is 1. The fourth-order valence-corrected chi connectivity index (χ4v) is 1.91. The Morgan fingerprint density at radius 3 is 3.00 bits per heavy atom. The second-order valence-corrected chi connectivity index (χ2v) is 4.53. The summed E-state index contributed by atoms with van der Waals surface area (Å²) in [6.07, 6.45) is 2.83. The van der Waals surface area contributed by atoms with E-state index >= 15 is 0 Å². The van der Waals surface area contributed by atoms with Gasteiger partial charge >= 0.3 is 5.97 Å². The maximum Gasteiger partial charge on any atom is 0.327 e. The van der Waals surface area contributed by atoms with Crippen molar-refractivity contribution in [1.82, 2.24) is 10.5 Å². The molecule has 0 radical (unpaired) electrons. The number of hydrogen-bond acceptors (Lipinski definition) is 6. The zero-order valence-electron chi connectivity index (χ0n) is 9.74. The van der Waals surface area contributed by atoms with Crippen LogP contribution in [0.3, 0.4) is 0 Å². The van der Waals surface area contributed by atoms with Gasteiger partial charge in [-0.1, -0.05) is 5.59 Å². The molecule has 1 unspecified atom stereocenters. The molecule has 0 aromatic carbocycles. The van der Waals surface area contributed by atoms with Crippen LogP contribution in [0.4, 0.5) is 0 Å². The highest BCUT2D eigenvalue weighted by atomic mass is 16.7. The van der Waals surface area contributed by atoms with Gasteiger partial charge in [0.05, 0.1) is 12.0 Å². The number of nitrogens with two attached hydrogens (primary N) is 1. The molecular weight excluding hydrogens is 210 g/mol. The first-order valence-corrected chi connectivity index (χ1v) is 5.63. The molecule has 0 bridgehead atoms. The van der Waals surface area contributed by atoms with E-state index in [-0.39, 0.29) is 5.97 Å². The van der Waals surface area contributed by atoms with E-state index in [1.807, 2.05) is 12.5 Å². The number of nitrogens with one attached hydrogen (secondary N) is 1. The molecule has 4 N–H and O–H groups in total. The van der Waals surface area contributed by atoms with Crippen molar-refractivity contribution in [2.45, 2.75) is 38.2 Å². The normalized spacial score (nSPS) is 27.4. The molecule has 1 fully saturated rings. The van der Waals surface area contributed by atoms with Gasteiger partial charge in [-0.15, -0.1) is 0 Å².